The highest BCUT2D eigenvalue weighted by molar-refractivity contribution is 6.07. The van der Waals surface area contributed by atoms with Gasteiger partial charge in [-0.3, -0.25) is 9.48 Å². The van der Waals surface area contributed by atoms with Gasteiger partial charge in [-0.1, -0.05) is 6.92 Å². The van der Waals surface area contributed by atoms with Crippen LogP contribution in [0.1, 0.15) is 43.5 Å². The van der Waals surface area contributed by atoms with Crippen molar-refractivity contribution in [1.82, 2.24) is 19.7 Å². The lowest BCUT2D eigenvalue weighted by Crippen LogP contribution is -2.33. The highest BCUT2D eigenvalue weighted by Crippen LogP contribution is 2.28. The number of fused-ring (bicyclic) bond motifs is 1. The molecule has 140 valence electrons. The van der Waals surface area contributed by atoms with Crippen molar-refractivity contribution in [2.45, 2.75) is 45.7 Å². The predicted octanol–water partition coefficient (Wildman–Crippen LogP) is 4.27. The second-order valence-corrected chi connectivity index (χ2v) is 7.20. The Balaban J connectivity index is 1.84. The molecule has 1 fully saturated rings. The Morgan fingerprint density at radius 3 is 2.93 bits per heavy atom. The third-order valence-electron chi connectivity index (χ3n) is 5.20. The first kappa shape index (κ1) is 17.6. The third kappa shape index (κ3) is 3.31. The lowest BCUT2D eigenvalue weighted by atomic mass is 10.0. The summed E-state index contributed by atoms with van der Waals surface area (Å²) in [6, 6.07) is 6.46. The molecular weight excluding hydrogens is 343 g/mol. The Hall–Kier alpha value is -2.76. The monoisotopic (exact) mass is 366 g/mol. The number of carbonyl (C=O) groups excluding carboxylic acids is 1. The number of likely N-dealkylation sites (tertiary alicyclic amines) is 1. The standard InChI is InChI=1S/C21H23FN4O/c1-3-8-25-13-15(12-23-25)19-11-18(21(27)26-9-4-5-14(26)2)17-7-6-16(22)10-20(17)24-19/h6-7,10-14H,3-5,8-9H2,1-2H3. The maximum Gasteiger partial charge on any atom is 0.254 e. The zero-order valence-electron chi connectivity index (χ0n) is 15.7. The maximum absolute atomic E-state index is 13.8. The van der Waals surface area contributed by atoms with Crippen LogP contribution in [-0.4, -0.2) is 38.2 Å². The molecule has 0 spiro atoms. The van der Waals surface area contributed by atoms with Crippen LogP contribution in [0.2, 0.25) is 0 Å². The SMILES string of the molecule is CCCn1cc(-c2cc(C(=O)N3CCCC3C)c3ccc(F)cc3n2)cn1. The molecule has 3 aromatic rings. The minimum atomic E-state index is -0.359. The molecule has 1 aliphatic heterocycles. The number of carbonyl (C=O) groups is 1. The maximum atomic E-state index is 13.8. The topological polar surface area (TPSA) is 51.0 Å². The van der Waals surface area contributed by atoms with E-state index in [0.29, 0.717) is 22.2 Å². The van der Waals surface area contributed by atoms with Gasteiger partial charge >= 0.3 is 0 Å². The van der Waals surface area contributed by atoms with Gasteiger partial charge in [0.15, 0.2) is 0 Å². The van der Waals surface area contributed by atoms with Gasteiger partial charge in [-0.25, -0.2) is 9.37 Å². The molecule has 1 unspecified atom stereocenters. The molecule has 0 N–H and O–H groups in total. The first-order chi connectivity index (χ1) is 13.1. The van der Waals surface area contributed by atoms with Crippen molar-refractivity contribution in [3.63, 3.8) is 0 Å². The van der Waals surface area contributed by atoms with E-state index >= 15 is 0 Å². The minimum Gasteiger partial charge on any atom is -0.336 e. The van der Waals surface area contributed by atoms with Crippen molar-refractivity contribution >= 4 is 16.8 Å². The van der Waals surface area contributed by atoms with Crippen LogP contribution in [0.15, 0.2) is 36.7 Å². The largest absolute Gasteiger partial charge is 0.336 e. The van der Waals surface area contributed by atoms with Crippen molar-refractivity contribution in [3.05, 3.63) is 48.0 Å². The molecule has 2 aromatic heterocycles. The molecule has 0 saturated carbocycles. The summed E-state index contributed by atoms with van der Waals surface area (Å²) in [6.07, 6.45) is 6.68. The van der Waals surface area contributed by atoms with Crippen molar-refractivity contribution in [2.75, 3.05) is 6.54 Å². The number of rotatable bonds is 4. The van der Waals surface area contributed by atoms with Gasteiger partial charge in [0.25, 0.3) is 5.91 Å². The molecule has 0 aliphatic carbocycles. The fourth-order valence-corrected chi connectivity index (χ4v) is 3.76. The number of amides is 1. The Kier molecular flexibility index (Phi) is 4.64. The smallest absolute Gasteiger partial charge is 0.254 e. The van der Waals surface area contributed by atoms with E-state index in [1.165, 1.54) is 12.1 Å². The molecule has 0 radical (unpaired) electrons. The summed E-state index contributed by atoms with van der Waals surface area (Å²) >= 11 is 0. The normalized spacial score (nSPS) is 17.0. The number of hydrogen-bond acceptors (Lipinski definition) is 3. The second kappa shape index (κ2) is 7.10. The molecule has 0 bridgehead atoms. The summed E-state index contributed by atoms with van der Waals surface area (Å²) in [6.45, 7) is 5.74. The van der Waals surface area contributed by atoms with E-state index < -0.39 is 0 Å². The fourth-order valence-electron chi connectivity index (χ4n) is 3.76. The molecule has 6 heteroatoms. The zero-order valence-corrected chi connectivity index (χ0v) is 15.7. The average molecular weight is 366 g/mol. The van der Waals surface area contributed by atoms with Crippen LogP contribution in [0.5, 0.6) is 0 Å². The van der Waals surface area contributed by atoms with E-state index in [-0.39, 0.29) is 17.8 Å². The van der Waals surface area contributed by atoms with Crippen LogP contribution in [-0.2, 0) is 6.54 Å². The summed E-state index contributed by atoms with van der Waals surface area (Å²) in [4.78, 5) is 19.7. The zero-order chi connectivity index (χ0) is 19.0. The average Bonchev–Trinajstić information content (AvgIpc) is 3.29. The molecule has 1 aromatic carbocycles. The number of nitrogens with zero attached hydrogens (tertiary/aromatic N) is 4. The minimum absolute atomic E-state index is 0.0128. The second-order valence-electron chi connectivity index (χ2n) is 7.20. The molecule has 5 nitrogen and oxygen atoms in total. The Morgan fingerprint density at radius 1 is 1.33 bits per heavy atom. The van der Waals surface area contributed by atoms with Crippen LogP contribution >= 0.6 is 0 Å². The van der Waals surface area contributed by atoms with Gasteiger partial charge in [-0.15, -0.1) is 0 Å². The highest BCUT2D eigenvalue weighted by Gasteiger charge is 2.28. The van der Waals surface area contributed by atoms with Gasteiger partial charge in [0.1, 0.15) is 5.82 Å². The van der Waals surface area contributed by atoms with Gasteiger partial charge in [-0.2, -0.15) is 5.10 Å². The van der Waals surface area contributed by atoms with E-state index in [4.69, 9.17) is 0 Å². The van der Waals surface area contributed by atoms with E-state index in [0.717, 1.165) is 37.9 Å². The molecule has 1 saturated heterocycles. The highest BCUT2D eigenvalue weighted by atomic mass is 19.1. The molecule has 3 heterocycles. The van der Waals surface area contributed by atoms with Crippen molar-refractivity contribution in [2.24, 2.45) is 0 Å². The van der Waals surface area contributed by atoms with Gasteiger partial charge in [-0.05, 0) is 44.4 Å². The number of aromatic nitrogens is 3. The van der Waals surface area contributed by atoms with Crippen LogP contribution in [0.25, 0.3) is 22.2 Å². The molecule has 1 aliphatic rings. The first-order valence-corrected chi connectivity index (χ1v) is 9.51. The third-order valence-corrected chi connectivity index (χ3v) is 5.20. The number of hydrogen-bond donors (Lipinski definition) is 0. The Morgan fingerprint density at radius 2 is 2.19 bits per heavy atom. The summed E-state index contributed by atoms with van der Waals surface area (Å²) in [5, 5.41) is 5.04. The summed E-state index contributed by atoms with van der Waals surface area (Å²) in [5.74, 6) is -0.372. The van der Waals surface area contributed by atoms with Gasteiger partial charge in [0.2, 0.25) is 0 Å². The lowest BCUT2D eigenvalue weighted by molar-refractivity contribution is 0.0749. The summed E-state index contributed by atoms with van der Waals surface area (Å²) in [5.41, 5.74) is 2.54. The Bertz CT molecular complexity index is 997. The van der Waals surface area contributed by atoms with Crippen LogP contribution < -0.4 is 0 Å². The van der Waals surface area contributed by atoms with E-state index in [1.807, 2.05) is 21.8 Å². The van der Waals surface area contributed by atoms with E-state index in [2.05, 4.69) is 23.9 Å². The number of pyridine rings is 1. The van der Waals surface area contributed by atoms with E-state index in [9.17, 15) is 9.18 Å². The number of benzene rings is 1. The van der Waals surface area contributed by atoms with Gasteiger partial charge in [0.05, 0.1) is 23.0 Å². The van der Waals surface area contributed by atoms with Crippen molar-refractivity contribution in [3.8, 4) is 11.3 Å². The van der Waals surface area contributed by atoms with Crippen molar-refractivity contribution in [1.29, 1.82) is 0 Å². The molecule has 4 rings (SSSR count). The summed E-state index contributed by atoms with van der Waals surface area (Å²) in [7, 11) is 0. The molecule has 1 amide bonds. The fraction of sp³-hybridized carbons (Fsp3) is 0.381. The van der Waals surface area contributed by atoms with Gasteiger partial charge < -0.3 is 4.90 Å². The van der Waals surface area contributed by atoms with Crippen LogP contribution in [0.3, 0.4) is 0 Å². The van der Waals surface area contributed by atoms with Crippen molar-refractivity contribution < 1.29 is 9.18 Å². The molecule has 1 atom stereocenters. The van der Waals surface area contributed by atoms with Crippen LogP contribution in [0.4, 0.5) is 4.39 Å². The Labute approximate surface area is 157 Å². The van der Waals surface area contributed by atoms with Crippen LogP contribution in [0, 0.1) is 5.82 Å². The molecule has 27 heavy (non-hydrogen) atoms. The van der Waals surface area contributed by atoms with E-state index in [1.54, 1.807) is 12.3 Å². The quantitative estimate of drug-likeness (QED) is 0.693. The number of halogens is 1. The van der Waals surface area contributed by atoms with Gasteiger partial charge in [0, 0.05) is 42.3 Å². The summed E-state index contributed by atoms with van der Waals surface area (Å²) < 4.78 is 15.7. The number of aryl methyl sites for hydroxylation is 1. The lowest BCUT2D eigenvalue weighted by Gasteiger charge is -2.22. The predicted molar refractivity (Wildman–Crippen MR) is 103 cm³/mol. The molecular formula is C21H23FN4O. The first-order valence-electron chi connectivity index (χ1n) is 9.51.